The van der Waals surface area contributed by atoms with Crippen LogP contribution >= 0.6 is 0 Å². The lowest BCUT2D eigenvalue weighted by molar-refractivity contribution is 0.417. The first-order valence-corrected chi connectivity index (χ1v) is 7.50. The first-order valence-electron chi connectivity index (χ1n) is 7.50. The molecule has 0 bridgehead atoms. The van der Waals surface area contributed by atoms with Crippen molar-refractivity contribution in [2.45, 2.75) is 6.42 Å². The Morgan fingerprint density at radius 3 is 2.83 bits per heavy atom. The SMILES string of the molecule is C=C1CCN(C)c2nc(Nc3ccccc3OC)ncc2N1C. The van der Waals surface area contributed by atoms with E-state index in [2.05, 4.69) is 26.8 Å². The Labute approximate surface area is 136 Å². The normalized spacial score (nSPS) is 14.3. The molecule has 0 aliphatic carbocycles. The van der Waals surface area contributed by atoms with Crippen molar-refractivity contribution in [1.82, 2.24) is 9.97 Å². The number of benzene rings is 1. The molecule has 0 radical (unpaired) electrons. The fraction of sp³-hybridized carbons (Fsp3) is 0.294. The van der Waals surface area contributed by atoms with E-state index in [4.69, 9.17) is 4.74 Å². The standard InChI is InChI=1S/C17H21N5O/c1-12-9-10-21(2)16-14(22(12)3)11-18-17(20-16)19-13-7-5-6-8-15(13)23-4/h5-8,11H,1,9-10H2,2-4H3,(H,18,19,20). The van der Waals surface area contributed by atoms with E-state index in [1.807, 2.05) is 49.5 Å². The molecule has 23 heavy (non-hydrogen) atoms. The van der Waals surface area contributed by atoms with Gasteiger partial charge >= 0.3 is 0 Å². The Kier molecular flexibility index (Phi) is 4.06. The van der Waals surface area contributed by atoms with Crippen molar-refractivity contribution >= 4 is 23.1 Å². The molecule has 120 valence electrons. The highest BCUT2D eigenvalue weighted by molar-refractivity contribution is 5.72. The van der Waals surface area contributed by atoms with E-state index >= 15 is 0 Å². The second-order valence-corrected chi connectivity index (χ2v) is 5.52. The van der Waals surface area contributed by atoms with Crippen LogP contribution in [-0.4, -0.2) is 37.7 Å². The van der Waals surface area contributed by atoms with Crippen molar-refractivity contribution in [1.29, 1.82) is 0 Å². The minimum atomic E-state index is 0.543. The topological polar surface area (TPSA) is 53.5 Å². The van der Waals surface area contributed by atoms with E-state index in [1.165, 1.54) is 0 Å². The Morgan fingerprint density at radius 1 is 1.26 bits per heavy atom. The molecule has 1 aromatic carbocycles. The first-order chi connectivity index (χ1) is 11.1. The van der Waals surface area contributed by atoms with Gasteiger partial charge in [0.25, 0.3) is 0 Å². The minimum Gasteiger partial charge on any atom is -0.495 e. The van der Waals surface area contributed by atoms with E-state index in [0.29, 0.717) is 5.95 Å². The van der Waals surface area contributed by atoms with Gasteiger partial charge in [0.05, 0.1) is 19.0 Å². The van der Waals surface area contributed by atoms with Gasteiger partial charge in [-0.1, -0.05) is 18.7 Å². The van der Waals surface area contributed by atoms with Gasteiger partial charge in [0.15, 0.2) is 5.82 Å². The van der Waals surface area contributed by atoms with E-state index in [0.717, 1.165) is 41.6 Å². The second kappa shape index (κ2) is 6.16. The van der Waals surface area contributed by atoms with Crippen LogP contribution in [0, 0.1) is 0 Å². The summed E-state index contributed by atoms with van der Waals surface area (Å²) in [4.78, 5) is 13.3. The molecule has 2 heterocycles. The maximum absolute atomic E-state index is 5.35. The van der Waals surface area contributed by atoms with Gasteiger partial charge in [0, 0.05) is 32.8 Å². The van der Waals surface area contributed by atoms with Gasteiger partial charge in [-0.15, -0.1) is 0 Å². The number of nitrogens with one attached hydrogen (secondary N) is 1. The molecule has 1 N–H and O–H groups in total. The molecule has 6 nitrogen and oxygen atoms in total. The third-order valence-corrected chi connectivity index (χ3v) is 4.04. The number of para-hydroxylation sites is 2. The van der Waals surface area contributed by atoms with Crippen molar-refractivity contribution in [3.63, 3.8) is 0 Å². The molecule has 0 spiro atoms. The predicted molar refractivity (Wildman–Crippen MR) is 93.7 cm³/mol. The Hall–Kier alpha value is -2.76. The van der Waals surface area contributed by atoms with Gasteiger partial charge in [-0.25, -0.2) is 4.98 Å². The molecule has 0 amide bonds. The highest BCUT2D eigenvalue weighted by atomic mass is 16.5. The third kappa shape index (κ3) is 2.92. The highest BCUT2D eigenvalue weighted by Crippen LogP contribution is 2.33. The summed E-state index contributed by atoms with van der Waals surface area (Å²) in [5.74, 6) is 2.18. The van der Waals surface area contributed by atoms with Crippen LogP contribution in [-0.2, 0) is 0 Å². The van der Waals surface area contributed by atoms with Crippen LogP contribution in [0.25, 0.3) is 0 Å². The molecule has 0 saturated heterocycles. The monoisotopic (exact) mass is 311 g/mol. The molecule has 0 unspecified atom stereocenters. The number of fused-ring (bicyclic) bond motifs is 1. The average molecular weight is 311 g/mol. The molecular weight excluding hydrogens is 290 g/mol. The van der Waals surface area contributed by atoms with Gasteiger partial charge in [-0.05, 0) is 12.1 Å². The van der Waals surface area contributed by atoms with E-state index < -0.39 is 0 Å². The fourth-order valence-corrected chi connectivity index (χ4v) is 2.55. The molecule has 6 heteroatoms. The number of anilines is 4. The second-order valence-electron chi connectivity index (χ2n) is 5.52. The third-order valence-electron chi connectivity index (χ3n) is 4.04. The molecule has 1 aromatic heterocycles. The van der Waals surface area contributed by atoms with Crippen LogP contribution < -0.4 is 19.9 Å². The van der Waals surface area contributed by atoms with E-state index in [1.54, 1.807) is 7.11 Å². The number of aromatic nitrogens is 2. The van der Waals surface area contributed by atoms with Crippen LogP contribution in [0.4, 0.5) is 23.1 Å². The molecule has 0 fully saturated rings. The Balaban J connectivity index is 1.96. The number of hydrogen-bond donors (Lipinski definition) is 1. The first kappa shape index (κ1) is 15.1. The van der Waals surface area contributed by atoms with Crippen molar-refractivity contribution in [3.05, 3.63) is 42.7 Å². The van der Waals surface area contributed by atoms with E-state index in [-0.39, 0.29) is 0 Å². The van der Waals surface area contributed by atoms with Gasteiger partial charge in [0.2, 0.25) is 5.95 Å². The van der Waals surface area contributed by atoms with Crippen molar-refractivity contribution in [2.24, 2.45) is 0 Å². The number of hydrogen-bond acceptors (Lipinski definition) is 6. The number of ether oxygens (including phenoxy) is 1. The molecule has 2 aromatic rings. The van der Waals surface area contributed by atoms with Crippen LogP contribution in [0.1, 0.15) is 6.42 Å². The van der Waals surface area contributed by atoms with Crippen LogP contribution in [0.5, 0.6) is 5.75 Å². The number of methoxy groups -OCH3 is 1. The molecular formula is C17H21N5O. The van der Waals surface area contributed by atoms with Crippen molar-refractivity contribution in [2.75, 3.05) is 42.9 Å². The maximum atomic E-state index is 5.35. The summed E-state index contributed by atoms with van der Waals surface area (Å²) in [5.41, 5.74) is 2.86. The molecule has 1 aliphatic rings. The van der Waals surface area contributed by atoms with Crippen molar-refractivity contribution < 1.29 is 4.74 Å². The highest BCUT2D eigenvalue weighted by Gasteiger charge is 2.21. The molecule has 0 atom stereocenters. The van der Waals surface area contributed by atoms with Crippen LogP contribution in [0.2, 0.25) is 0 Å². The Bertz CT molecular complexity index is 731. The lowest BCUT2D eigenvalue weighted by Crippen LogP contribution is -2.19. The van der Waals surface area contributed by atoms with Crippen LogP contribution in [0.15, 0.2) is 42.7 Å². The number of nitrogens with zero attached hydrogens (tertiary/aromatic N) is 4. The van der Waals surface area contributed by atoms with Gasteiger partial charge in [-0.3, -0.25) is 0 Å². The summed E-state index contributed by atoms with van der Waals surface area (Å²) >= 11 is 0. The lowest BCUT2D eigenvalue weighted by atomic mass is 10.3. The van der Waals surface area contributed by atoms with Gasteiger partial charge in [0.1, 0.15) is 11.4 Å². The molecule has 1 aliphatic heterocycles. The summed E-state index contributed by atoms with van der Waals surface area (Å²) in [5, 5.41) is 3.23. The average Bonchev–Trinajstić information content (AvgIpc) is 2.68. The maximum Gasteiger partial charge on any atom is 0.229 e. The molecule has 3 rings (SSSR count). The Morgan fingerprint density at radius 2 is 2.04 bits per heavy atom. The largest absolute Gasteiger partial charge is 0.495 e. The van der Waals surface area contributed by atoms with Crippen LogP contribution in [0.3, 0.4) is 0 Å². The smallest absolute Gasteiger partial charge is 0.229 e. The quantitative estimate of drug-likeness (QED) is 0.940. The lowest BCUT2D eigenvalue weighted by Gasteiger charge is -2.22. The summed E-state index contributed by atoms with van der Waals surface area (Å²) in [6.45, 7) is 4.99. The summed E-state index contributed by atoms with van der Waals surface area (Å²) in [6.07, 6.45) is 2.73. The predicted octanol–water partition coefficient (Wildman–Crippen LogP) is 3.02. The molecule has 0 saturated carbocycles. The van der Waals surface area contributed by atoms with E-state index in [9.17, 15) is 0 Å². The van der Waals surface area contributed by atoms with Gasteiger partial charge < -0.3 is 19.9 Å². The summed E-state index contributed by atoms with van der Waals surface area (Å²) < 4.78 is 5.35. The fourth-order valence-electron chi connectivity index (χ4n) is 2.55. The van der Waals surface area contributed by atoms with Gasteiger partial charge in [-0.2, -0.15) is 4.98 Å². The number of rotatable bonds is 3. The summed E-state index contributed by atoms with van der Waals surface area (Å²) in [6, 6.07) is 7.70. The zero-order chi connectivity index (χ0) is 16.4. The summed E-state index contributed by atoms with van der Waals surface area (Å²) in [7, 11) is 5.68. The zero-order valence-electron chi connectivity index (χ0n) is 13.7. The minimum absolute atomic E-state index is 0.543. The zero-order valence-corrected chi connectivity index (χ0v) is 13.7. The van der Waals surface area contributed by atoms with Crippen molar-refractivity contribution in [3.8, 4) is 5.75 Å².